The number of benzene rings is 1. The summed E-state index contributed by atoms with van der Waals surface area (Å²) in [4.78, 5) is 23.9. The van der Waals surface area contributed by atoms with E-state index >= 15 is 0 Å². The van der Waals surface area contributed by atoms with Crippen LogP contribution in [0.25, 0.3) is 0 Å². The first kappa shape index (κ1) is 24.7. The second-order valence-electron chi connectivity index (χ2n) is 8.18. The molecule has 1 heterocycles. The highest BCUT2D eigenvalue weighted by Crippen LogP contribution is 2.43. The number of ether oxygens (including phenoxy) is 5. The van der Waals surface area contributed by atoms with E-state index in [1.807, 2.05) is 19.9 Å². The molecule has 0 spiro atoms. The predicted octanol–water partition coefficient (Wildman–Crippen LogP) is 3.66. The lowest BCUT2D eigenvalue weighted by Gasteiger charge is -2.21. The third kappa shape index (κ3) is 5.77. The number of rotatable bonds is 12. The molecule has 0 unspecified atom stereocenters. The van der Waals surface area contributed by atoms with Gasteiger partial charge in [0.05, 0.1) is 25.7 Å². The molecule has 2 rings (SSSR count). The minimum absolute atomic E-state index is 0.0585. The SMILES string of the molecule is COCCOCOc1c(C/C=C(\C)CC(C)(C)C(=O)O)c(OC)c(C)c2c1C(=O)OC2. The third-order valence-electron chi connectivity index (χ3n) is 5.30. The van der Waals surface area contributed by atoms with Crippen molar-refractivity contribution in [1.29, 1.82) is 0 Å². The van der Waals surface area contributed by atoms with Gasteiger partial charge in [-0.15, -0.1) is 0 Å². The quantitative estimate of drug-likeness (QED) is 0.229. The Kier molecular flexibility index (Phi) is 8.47. The topological polar surface area (TPSA) is 101 Å². The average molecular weight is 437 g/mol. The van der Waals surface area contributed by atoms with Crippen LogP contribution >= 0.6 is 0 Å². The van der Waals surface area contributed by atoms with Crippen molar-refractivity contribution >= 4 is 11.9 Å². The number of esters is 1. The molecule has 1 N–H and O–H groups in total. The largest absolute Gasteiger partial charge is 0.496 e. The third-order valence-corrected chi connectivity index (χ3v) is 5.30. The maximum atomic E-state index is 12.4. The average Bonchev–Trinajstić information content (AvgIpc) is 3.09. The Morgan fingerprint density at radius 2 is 1.94 bits per heavy atom. The van der Waals surface area contributed by atoms with Crippen molar-refractivity contribution in [2.45, 2.75) is 47.1 Å². The summed E-state index contributed by atoms with van der Waals surface area (Å²) in [5.74, 6) is -0.308. The molecule has 1 aliphatic rings. The zero-order valence-electron chi connectivity index (χ0n) is 19.1. The van der Waals surface area contributed by atoms with Crippen LogP contribution in [0.15, 0.2) is 11.6 Å². The van der Waals surface area contributed by atoms with E-state index in [1.165, 1.54) is 0 Å². The summed E-state index contributed by atoms with van der Waals surface area (Å²) in [6, 6.07) is 0. The molecular weight excluding hydrogens is 404 g/mol. The fourth-order valence-electron chi connectivity index (χ4n) is 3.59. The molecule has 0 amide bonds. The van der Waals surface area contributed by atoms with Gasteiger partial charge in [-0.3, -0.25) is 4.79 Å². The number of carbonyl (C=O) groups is 2. The van der Waals surface area contributed by atoms with Gasteiger partial charge in [0.2, 0.25) is 0 Å². The molecule has 1 aliphatic heterocycles. The molecule has 1 aromatic carbocycles. The number of hydrogen-bond acceptors (Lipinski definition) is 7. The number of carboxylic acids is 1. The van der Waals surface area contributed by atoms with E-state index in [2.05, 4.69) is 0 Å². The Morgan fingerprint density at radius 3 is 2.55 bits per heavy atom. The molecule has 0 atom stereocenters. The number of methoxy groups -OCH3 is 2. The van der Waals surface area contributed by atoms with Crippen molar-refractivity contribution in [2.75, 3.05) is 34.2 Å². The van der Waals surface area contributed by atoms with Gasteiger partial charge in [0.25, 0.3) is 0 Å². The minimum Gasteiger partial charge on any atom is -0.496 e. The molecule has 0 bridgehead atoms. The fourth-order valence-corrected chi connectivity index (χ4v) is 3.59. The van der Waals surface area contributed by atoms with Crippen molar-refractivity contribution < 1.29 is 38.4 Å². The molecule has 0 aliphatic carbocycles. The van der Waals surface area contributed by atoms with Gasteiger partial charge in [-0.2, -0.15) is 0 Å². The van der Waals surface area contributed by atoms with E-state index in [1.54, 1.807) is 28.1 Å². The van der Waals surface area contributed by atoms with E-state index in [4.69, 9.17) is 23.7 Å². The first-order chi connectivity index (χ1) is 14.6. The second-order valence-corrected chi connectivity index (χ2v) is 8.18. The predicted molar refractivity (Wildman–Crippen MR) is 114 cm³/mol. The number of cyclic esters (lactones) is 1. The number of hydrogen-bond donors (Lipinski definition) is 1. The Morgan fingerprint density at radius 1 is 1.23 bits per heavy atom. The lowest BCUT2D eigenvalue weighted by Crippen LogP contribution is -2.23. The van der Waals surface area contributed by atoms with Crippen LogP contribution in [0.2, 0.25) is 0 Å². The molecule has 0 radical (unpaired) electrons. The van der Waals surface area contributed by atoms with Crippen molar-refractivity contribution in [3.63, 3.8) is 0 Å². The molecule has 172 valence electrons. The van der Waals surface area contributed by atoms with Gasteiger partial charge in [0.15, 0.2) is 6.79 Å². The van der Waals surface area contributed by atoms with Gasteiger partial charge in [0, 0.05) is 18.2 Å². The second kappa shape index (κ2) is 10.6. The summed E-state index contributed by atoms with van der Waals surface area (Å²) in [5.41, 5.74) is 2.68. The van der Waals surface area contributed by atoms with Gasteiger partial charge < -0.3 is 28.8 Å². The number of fused-ring (bicyclic) bond motifs is 1. The number of aliphatic carboxylic acids is 1. The van der Waals surface area contributed by atoms with Crippen LogP contribution in [0.1, 0.15) is 54.2 Å². The first-order valence-corrected chi connectivity index (χ1v) is 10.1. The lowest BCUT2D eigenvalue weighted by molar-refractivity contribution is -0.146. The van der Waals surface area contributed by atoms with Gasteiger partial charge in [0.1, 0.15) is 23.7 Å². The molecule has 0 fully saturated rings. The Labute approximate surface area is 183 Å². The van der Waals surface area contributed by atoms with Gasteiger partial charge in [-0.25, -0.2) is 4.79 Å². The molecule has 8 nitrogen and oxygen atoms in total. The normalized spacial score (nSPS) is 13.7. The van der Waals surface area contributed by atoms with Crippen molar-refractivity contribution in [3.05, 3.63) is 33.9 Å². The molecule has 0 saturated carbocycles. The number of carbonyl (C=O) groups excluding carboxylic acids is 1. The van der Waals surface area contributed by atoms with Crippen LogP contribution in [0.4, 0.5) is 0 Å². The van der Waals surface area contributed by atoms with Gasteiger partial charge >= 0.3 is 11.9 Å². The van der Waals surface area contributed by atoms with E-state index < -0.39 is 17.4 Å². The maximum Gasteiger partial charge on any atom is 0.342 e. The van der Waals surface area contributed by atoms with Crippen LogP contribution in [0.5, 0.6) is 11.5 Å². The highest BCUT2D eigenvalue weighted by atomic mass is 16.7. The summed E-state index contributed by atoms with van der Waals surface area (Å²) < 4.78 is 27.2. The summed E-state index contributed by atoms with van der Waals surface area (Å²) in [6.45, 7) is 8.03. The Hall–Kier alpha value is -2.58. The van der Waals surface area contributed by atoms with Crippen LogP contribution in [-0.4, -0.2) is 51.3 Å². The lowest BCUT2D eigenvalue weighted by atomic mass is 9.85. The molecule has 1 aromatic rings. The first-order valence-electron chi connectivity index (χ1n) is 10.1. The molecule has 0 saturated heterocycles. The van der Waals surface area contributed by atoms with E-state index in [0.717, 1.165) is 16.7 Å². The minimum atomic E-state index is -0.878. The smallest absolute Gasteiger partial charge is 0.342 e. The summed E-state index contributed by atoms with van der Waals surface area (Å²) in [6.07, 6.45) is 2.74. The fraction of sp³-hybridized carbons (Fsp3) is 0.565. The molecular formula is C23H32O8. The summed E-state index contributed by atoms with van der Waals surface area (Å²) in [7, 11) is 3.15. The zero-order chi connectivity index (χ0) is 23.2. The number of allylic oxidation sites excluding steroid dienone is 2. The zero-order valence-corrected chi connectivity index (χ0v) is 19.1. The van der Waals surface area contributed by atoms with Crippen molar-refractivity contribution in [1.82, 2.24) is 0 Å². The van der Waals surface area contributed by atoms with E-state index in [0.29, 0.717) is 48.7 Å². The Balaban J connectivity index is 2.40. The maximum absolute atomic E-state index is 12.4. The van der Waals surface area contributed by atoms with E-state index in [-0.39, 0.29) is 13.4 Å². The molecule has 0 aromatic heterocycles. The highest BCUT2D eigenvalue weighted by Gasteiger charge is 2.33. The highest BCUT2D eigenvalue weighted by molar-refractivity contribution is 5.98. The van der Waals surface area contributed by atoms with Crippen LogP contribution in [0.3, 0.4) is 0 Å². The monoisotopic (exact) mass is 436 g/mol. The standard InChI is InChI=1S/C23H32O8/c1-14(11-23(3,4)22(25)26)7-8-16-19(28-6)15(2)17-12-30-21(24)18(17)20(16)31-13-29-10-9-27-5/h7H,8-13H2,1-6H3,(H,25,26)/b14-7+. The summed E-state index contributed by atoms with van der Waals surface area (Å²) in [5, 5.41) is 9.39. The van der Waals surface area contributed by atoms with Gasteiger partial charge in [-0.05, 0) is 46.1 Å². The molecule has 31 heavy (non-hydrogen) atoms. The van der Waals surface area contributed by atoms with Crippen LogP contribution in [0, 0.1) is 12.3 Å². The van der Waals surface area contributed by atoms with Crippen molar-refractivity contribution in [3.8, 4) is 11.5 Å². The van der Waals surface area contributed by atoms with Crippen LogP contribution < -0.4 is 9.47 Å². The molecule has 8 heteroatoms. The van der Waals surface area contributed by atoms with E-state index in [9.17, 15) is 14.7 Å². The Bertz CT molecular complexity index is 854. The van der Waals surface area contributed by atoms with Gasteiger partial charge in [-0.1, -0.05) is 11.6 Å². The summed E-state index contributed by atoms with van der Waals surface area (Å²) >= 11 is 0. The number of carboxylic acid groups (broad SMARTS) is 1. The van der Waals surface area contributed by atoms with Crippen LogP contribution in [-0.2, 0) is 32.0 Å². The van der Waals surface area contributed by atoms with Crippen molar-refractivity contribution in [2.24, 2.45) is 5.41 Å².